The first-order valence-corrected chi connectivity index (χ1v) is 13.6. The highest BCUT2D eigenvalue weighted by atomic mass is 32.2. The van der Waals surface area contributed by atoms with Gasteiger partial charge >= 0.3 is 0 Å². The van der Waals surface area contributed by atoms with Crippen molar-refractivity contribution < 1.29 is 18.0 Å². The maximum Gasteiger partial charge on any atom is 0.244 e. The van der Waals surface area contributed by atoms with E-state index in [0.717, 1.165) is 34.5 Å². The van der Waals surface area contributed by atoms with Gasteiger partial charge in [0.05, 0.1) is 11.9 Å². The number of hydrogen-bond donors (Lipinski definition) is 1. The summed E-state index contributed by atoms with van der Waals surface area (Å²) in [5.74, 6) is -0.679. The monoisotopic (exact) mass is 487 g/mol. The van der Waals surface area contributed by atoms with Gasteiger partial charge in [0.25, 0.3) is 0 Å². The van der Waals surface area contributed by atoms with Gasteiger partial charge in [-0.3, -0.25) is 13.9 Å². The molecule has 0 saturated heterocycles. The summed E-state index contributed by atoms with van der Waals surface area (Å²) in [7, 11) is -3.72. The maximum absolute atomic E-state index is 13.5. The summed E-state index contributed by atoms with van der Waals surface area (Å²) in [6.07, 6.45) is 3.24. The Morgan fingerprint density at radius 3 is 2.09 bits per heavy atom. The van der Waals surface area contributed by atoms with Crippen molar-refractivity contribution in [1.29, 1.82) is 0 Å². The first-order valence-electron chi connectivity index (χ1n) is 11.8. The van der Waals surface area contributed by atoms with Gasteiger partial charge in [-0.2, -0.15) is 0 Å². The molecule has 2 atom stereocenters. The van der Waals surface area contributed by atoms with E-state index in [2.05, 4.69) is 5.32 Å². The summed E-state index contributed by atoms with van der Waals surface area (Å²) in [6.45, 7) is 7.50. The van der Waals surface area contributed by atoms with Crippen LogP contribution in [0.1, 0.15) is 45.2 Å². The summed E-state index contributed by atoms with van der Waals surface area (Å²) in [6, 6.07) is 16.1. The van der Waals surface area contributed by atoms with E-state index in [-0.39, 0.29) is 18.5 Å². The van der Waals surface area contributed by atoms with E-state index in [4.69, 9.17) is 0 Å². The van der Waals surface area contributed by atoms with Crippen LogP contribution < -0.4 is 9.62 Å². The van der Waals surface area contributed by atoms with Gasteiger partial charge in [-0.05, 0) is 56.4 Å². The number of amides is 2. The van der Waals surface area contributed by atoms with Gasteiger partial charge in [-0.25, -0.2) is 8.42 Å². The number of aryl methyl sites for hydroxylation is 1. The molecule has 8 heteroatoms. The molecule has 0 fully saturated rings. The second-order valence-electron chi connectivity index (χ2n) is 8.61. The van der Waals surface area contributed by atoms with E-state index < -0.39 is 22.0 Å². The van der Waals surface area contributed by atoms with E-state index in [1.165, 1.54) is 4.90 Å². The second kappa shape index (κ2) is 12.6. The maximum atomic E-state index is 13.5. The van der Waals surface area contributed by atoms with Crippen molar-refractivity contribution >= 4 is 27.5 Å². The number of rotatable bonds is 12. The first kappa shape index (κ1) is 27.4. The van der Waals surface area contributed by atoms with E-state index in [0.29, 0.717) is 18.7 Å². The Morgan fingerprint density at radius 2 is 1.56 bits per heavy atom. The minimum atomic E-state index is -3.72. The Morgan fingerprint density at radius 1 is 0.941 bits per heavy atom. The molecule has 0 radical (unpaired) electrons. The second-order valence-corrected chi connectivity index (χ2v) is 10.5. The lowest BCUT2D eigenvalue weighted by Crippen LogP contribution is -2.53. The van der Waals surface area contributed by atoms with Gasteiger partial charge < -0.3 is 10.2 Å². The Hall–Kier alpha value is -2.87. The molecule has 34 heavy (non-hydrogen) atoms. The number of nitrogens with zero attached hydrogens (tertiary/aromatic N) is 2. The summed E-state index contributed by atoms with van der Waals surface area (Å²) in [5.41, 5.74) is 2.53. The first-order chi connectivity index (χ1) is 16.1. The summed E-state index contributed by atoms with van der Waals surface area (Å²) >= 11 is 0. The molecule has 2 aromatic carbocycles. The molecule has 0 spiro atoms. The van der Waals surface area contributed by atoms with Gasteiger partial charge in [-0.15, -0.1) is 0 Å². The van der Waals surface area contributed by atoms with Crippen molar-refractivity contribution in [2.75, 3.05) is 23.7 Å². The van der Waals surface area contributed by atoms with Gasteiger partial charge in [0, 0.05) is 12.6 Å². The van der Waals surface area contributed by atoms with E-state index in [1.807, 2.05) is 63.2 Å². The SMILES string of the molecule is CCc1ccc(N(CC(=O)N(CCc2ccccc2)[C@@H](C)C(=O)N[C@H](C)CC)S(C)(=O)=O)cc1. The number of hydrogen-bond acceptors (Lipinski definition) is 4. The van der Waals surface area contributed by atoms with E-state index >= 15 is 0 Å². The predicted octanol–water partition coefficient (Wildman–Crippen LogP) is 3.39. The van der Waals surface area contributed by atoms with Gasteiger partial charge in [0.1, 0.15) is 12.6 Å². The number of nitrogens with one attached hydrogen (secondary N) is 1. The minimum Gasteiger partial charge on any atom is -0.352 e. The Bertz CT molecular complexity index is 1040. The van der Waals surface area contributed by atoms with Crippen LogP contribution in [0.4, 0.5) is 5.69 Å². The number of carbonyl (C=O) groups is 2. The number of anilines is 1. The third kappa shape index (κ3) is 7.87. The van der Waals surface area contributed by atoms with Crippen LogP contribution in [0, 0.1) is 0 Å². The quantitative estimate of drug-likeness (QED) is 0.497. The fourth-order valence-electron chi connectivity index (χ4n) is 3.55. The fourth-order valence-corrected chi connectivity index (χ4v) is 4.40. The Kier molecular flexibility index (Phi) is 10.1. The van der Waals surface area contributed by atoms with Crippen molar-refractivity contribution in [2.24, 2.45) is 0 Å². The molecule has 0 aliphatic rings. The van der Waals surface area contributed by atoms with Crippen molar-refractivity contribution in [3.05, 3.63) is 65.7 Å². The predicted molar refractivity (Wildman–Crippen MR) is 137 cm³/mol. The Labute approximate surface area is 204 Å². The topological polar surface area (TPSA) is 86.8 Å². The lowest BCUT2D eigenvalue weighted by molar-refractivity contribution is -0.139. The zero-order chi connectivity index (χ0) is 25.3. The molecule has 7 nitrogen and oxygen atoms in total. The zero-order valence-electron chi connectivity index (χ0n) is 20.8. The molecular weight excluding hydrogens is 450 g/mol. The molecule has 186 valence electrons. The highest BCUT2D eigenvalue weighted by Crippen LogP contribution is 2.19. The third-order valence-corrected chi connectivity index (χ3v) is 7.10. The van der Waals surface area contributed by atoms with Crippen LogP contribution in [0.25, 0.3) is 0 Å². The summed E-state index contributed by atoms with van der Waals surface area (Å²) in [5, 5.41) is 2.93. The Balaban J connectivity index is 2.29. The van der Waals surface area contributed by atoms with Gasteiger partial charge in [-0.1, -0.05) is 56.3 Å². The minimum absolute atomic E-state index is 0.0226. The van der Waals surface area contributed by atoms with Crippen molar-refractivity contribution in [1.82, 2.24) is 10.2 Å². The van der Waals surface area contributed by atoms with Crippen LogP contribution in [0.3, 0.4) is 0 Å². The molecule has 0 aromatic heterocycles. The molecule has 0 aliphatic heterocycles. The molecule has 0 saturated carbocycles. The standard InChI is InChI=1S/C26H37N3O4S/c1-6-20(3)27-26(31)21(4)28(18-17-23-11-9-8-10-12-23)25(30)19-29(34(5,32)33)24-15-13-22(7-2)14-16-24/h8-16,20-21H,6-7,17-19H2,1-5H3,(H,27,31)/t20-,21+/m1/s1. The average Bonchev–Trinajstić information content (AvgIpc) is 2.82. The van der Waals surface area contributed by atoms with Crippen LogP contribution >= 0.6 is 0 Å². The number of sulfonamides is 1. The highest BCUT2D eigenvalue weighted by molar-refractivity contribution is 7.92. The van der Waals surface area contributed by atoms with Crippen LogP contribution in [-0.4, -0.2) is 56.6 Å². The van der Waals surface area contributed by atoms with Crippen LogP contribution in [0.2, 0.25) is 0 Å². The zero-order valence-corrected chi connectivity index (χ0v) is 21.6. The van der Waals surface area contributed by atoms with Crippen LogP contribution in [0.5, 0.6) is 0 Å². The number of benzene rings is 2. The van der Waals surface area contributed by atoms with Gasteiger partial charge in [0.15, 0.2) is 0 Å². The molecule has 0 bridgehead atoms. The molecule has 1 N–H and O–H groups in total. The molecule has 2 aromatic rings. The lowest BCUT2D eigenvalue weighted by atomic mass is 10.1. The largest absolute Gasteiger partial charge is 0.352 e. The van der Waals surface area contributed by atoms with E-state index in [1.54, 1.807) is 19.1 Å². The fraction of sp³-hybridized carbons (Fsp3) is 0.462. The lowest BCUT2D eigenvalue weighted by Gasteiger charge is -2.32. The van der Waals surface area contributed by atoms with Crippen molar-refractivity contribution in [3.8, 4) is 0 Å². The highest BCUT2D eigenvalue weighted by Gasteiger charge is 2.30. The average molecular weight is 488 g/mol. The normalized spacial score (nSPS) is 13.1. The molecule has 0 aliphatic carbocycles. The van der Waals surface area contributed by atoms with Gasteiger partial charge in [0.2, 0.25) is 21.8 Å². The molecule has 2 rings (SSSR count). The smallest absolute Gasteiger partial charge is 0.244 e. The van der Waals surface area contributed by atoms with Crippen molar-refractivity contribution in [2.45, 2.75) is 59.0 Å². The summed E-state index contributed by atoms with van der Waals surface area (Å²) < 4.78 is 26.3. The molecular formula is C26H37N3O4S. The van der Waals surface area contributed by atoms with Crippen molar-refractivity contribution in [3.63, 3.8) is 0 Å². The van der Waals surface area contributed by atoms with E-state index in [9.17, 15) is 18.0 Å². The molecule has 2 amide bonds. The molecule has 0 unspecified atom stereocenters. The van der Waals surface area contributed by atoms with Crippen LogP contribution in [0.15, 0.2) is 54.6 Å². The number of carbonyl (C=O) groups excluding carboxylic acids is 2. The molecule has 0 heterocycles. The van der Waals surface area contributed by atoms with Crippen LogP contribution in [-0.2, 0) is 32.5 Å². The third-order valence-electron chi connectivity index (χ3n) is 5.96. The summed E-state index contributed by atoms with van der Waals surface area (Å²) in [4.78, 5) is 27.8.